The standard InChI is InChI=1S/C12H10N2O2/c1-15-8-16-12-10(7-13)6-9-4-2-3-5-11(9)14-12/h2-6H,8H2,1H3. The van der Waals surface area contributed by atoms with Crippen LogP contribution in [0.3, 0.4) is 0 Å². The molecule has 0 radical (unpaired) electrons. The van der Waals surface area contributed by atoms with Crippen LogP contribution in [0.15, 0.2) is 30.3 Å². The summed E-state index contributed by atoms with van der Waals surface area (Å²) in [7, 11) is 1.52. The maximum absolute atomic E-state index is 8.97. The zero-order valence-corrected chi connectivity index (χ0v) is 8.80. The molecule has 4 heteroatoms. The molecule has 16 heavy (non-hydrogen) atoms. The highest BCUT2D eigenvalue weighted by atomic mass is 16.7. The van der Waals surface area contributed by atoms with E-state index in [2.05, 4.69) is 11.1 Å². The molecule has 80 valence electrons. The lowest BCUT2D eigenvalue weighted by Crippen LogP contribution is -2.02. The van der Waals surface area contributed by atoms with Crippen molar-refractivity contribution >= 4 is 10.9 Å². The summed E-state index contributed by atoms with van der Waals surface area (Å²) in [6.07, 6.45) is 0. The van der Waals surface area contributed by atoms with Crippen molar-refractivity contribution in [2.75, 3.05) is 13.9 Å². The number of aromatic nitrogens is 1. The molecule has 1 heterocycles. The number of rotatable bonds is 3. The normalized spacial score (nSPS) is 10.0. The molecule has 2 rings (SSSR count). The van der Waals surface area contributed by atoms with E-state index in [0.717, 1.165) is 10.9 Å². The summed E-state index contributed by atoms with van der Waals surface area (Å²) in [4.78, 5) is 4.26. The molecule has 0 N–H and O–H groups in total. The van der Waals surface area contributed by atoms with Gasteiger partial charge in [0.05, 0.1) is 5.52 Å². The first-order chi connectivity index (χ1) is 7.85. The predicted octanol–water partition coefficient (Wildman–Crippen LogP) is 2.09. The van der Waals surface area contributed by atoms with Gasteiger partial charge in [-0.15, -0.1) is 0 Å². The average Bonchev–Trinajstić information content (AvgIpc) is 2.35. The van der Waals surface area contributed by atoms with Crippen LogP contribution in [0.4, 0.5) is 0 Å². The molecule has 0 saturated heterocycles. The van der Waals surface area contributed by atoms with Crippen LogP contribution in [-0.4, -0.2) is 18.9 Å². The number of ether oxygens (including phenoxy) is 2. The minimum Gasteiger partial charge on any atom is -0.450 e. The highest BCUT2D eigenvalue weighted by molar-refractivity contribution is 5.80. The molecule has 0 aliphatic carbocycles. The van der Waals surface area contributed by atoms with Gasteiger partial charge in [-0.1, -0.05) is 18.2 Å². The lowest BCUT2D eigenvalue weighted by Gasteiger charge is -2.06. The third-order valence-electron chi connectivity index (χ3n) is 2.12. The molecule has 0 aliphatic heterocycles. The Kier molecular flexibility index (Phi) is 2.99. The Labute approximate surface area is 93.0 Å². The summed E-state index contributed by atoms with van der Waals surface area (Å²) in [6, 6.07) is 11.4. The number of hydrogen-bond donors (Lipinski definition) is 0. The SMILES string of the molecule is COCOc1nc2ccccc2cc1C#N. The number of nitrogens with zero attached hydrogens (tertiary/aromatic N) is 2. The van der Waals surface area contributed by atoms with Gasteiger partial charge in [0.1, 0.15) is 11.6 Å². The van der Waals surface area contributed by atoms with Crippen molar-refractivity contribution < 1.29 is 9.47 Å². The predicted molar refractivity (Wildman–Crippen MR) is 59.0 cm³/mol. The van der Waals surface area contributed by atoms with Gasteiger partial charge < -0.3 is 9.47 Å². The molecule has 0 aliphatic rings. The molecular formula is C12H10N2O2. The van der Waals surface area contributed by atoms with Gasteiger partial charge in [-0.25, -0.2) is 4.98 Å². The first-order valence-corrected chi connectivity index (χ1v) is 4.77. The highest BCUT2D eigenvalue weighted by Crippen LogP contribution is 2.21. The fraction of sp³-hybridized carbons (Fsp3) is 0.167. The lowest BCUT2D eigenvalue weighted by atomic mass is 10.1. The van der Waals surface area contributed by atoms with Crippen molar-refractivity contribution in [3.05, 3.63) is 35.9 Å². The van der Waals surface area contributed by atoms with Gasteiger partial charge >= 0.3 is 0 Å². The van der Waals surface area contributed by atoms with E-state index in [-0.39, 0.29) is 6.79 Å². The summed E-state index contributed by atoms with van der Waals surface area (Å²) in [6.45, 7) is 0.0834. The zero-order chi connectivity index (χ0) is 11.4. The van der Waals surface area contributed by atoms with E-state index in [1.165, 1.54) is 7.11 Å². The van der Waals surface area contributed by atoms with Gasteiger partial charge in [-0.2, -0.15) is 5.26 Å². The Morgan fingerprint density at radius 2 is 2.19 bits per heavy atom. The maximum Gasteiger partial charge on any atom is 0.234 e. The van der Waals surface area contributed by atoms with E-state index in [1.54, 1.807) is 6.07 Å². The third kappa shape index (κ3) is 1.95. The molecule has 0 bridgehead atoms. The molecular weight excluding hydrogens is 204 g/mol. The number of nitriles is 1. The zero-order valence-electron chi connectivity index (χ0n) is 8.80. The molecule has 1 aromatic heterocycles. The summed E-state index contributed by atoms with van der Waals surface area (Å²) < 4.78 is 10.0. The van der Waals surface area contributed by atoms with Crippen molar-refractivity contribution in [3.8, 4) is 11.9 Å². The fourth-order valence-corrected chi connectivity index (χ4v) is 1.40. The van der Waals surface area contributed by atoms with Crippen molar-refractivity contribution in [1.29, 1.82) is 5.26 Å². The summed E-state index contributed by atoms with van der Waals surface area (Å²) >= 11 is 0. The largest absolute Gasteiger partial charge is 0.450 e. The summed E-state index contributed by atoms with van der Waals surface area (Å²) in [5.74, 6) is 0.308. The monoisotopic (exact) mass is 214 g/mol. The van der Waals surface area contributed by atoms with Crippen LogP contribution in [0.1, 0.15) is 5.56 Å². The second kappa shape index (κ2) is 4.60. The lowest BCUT2D eigenvalue weighted by molar-refractivity contribution is 0.0478. The Balaban J connectivity index is 2.50. The van der Waals surface area contributed by atoms with Crippen LogP contribution < -0.4 is 4.74 Å². The third-order valence-corrected chi connectivity index (χ3v) is 2.12. The molecule has 0 fully saturated rings. The van der Waals surface area contributed by atoms with Crippen LogP contribution in [-0.2, 0) is 4.74 Å². The second-order valence-corrected chi connectivity index (χ2v) is 3.20. The first-order valence-electron chi connectivity index (χ1n) is 4.77. The first kappa shape index (κ1) is 10.4. The number of methoxy groups -OCH3 is 1. The van der Waals surface area contributed by atoms with Gasteiger partial charge in [0.25, 0.3) is 0 Å². The van der Waals surface area contributed by atoms with E-state index >= 15 is 0 Å². The van der Waals surface area contributed by atoms with E-state index in [0.29, 0.717) is 11.4 Å². The molecule has 4 nitrogen and oxygen atoms in total. The Morgan fingerprint density at radius 1 is 1.38 bits per heavy atom. The van der Waals surface area contributed by atoms with Crippen LogP contribution in [0.5, 0.6) is 5.88 Å². The molecule has 2 aromatic rings. The van der Waals surface area contributed by atoms with Crippen LogP contribution in [0.25, 0.3) is 10.9 Å². The quantitative estimate of drug-likeness (QED) is 0.734. The summed E-state index contributed by atoms with van der Waals surface area (Å²) in [5, 5.41) is 9.89. The molecule has 0 saturated carbocycles. The van der Waals surface area contributed by atoms with Gasteiger partial charge in [0.2, 0.25) is 5.88 Å². The van der Waals surface area contributed by atoms with Gasteiger partial charge in [-0.05, 0) is 12.1 Å². The molecule has 0 atom stereocenters. The number of pyridine rings is 1. The molecule has 1 aromatic carbocycles. The van der Waals surface area contributed by atoms with Crippen molar-refractivity contribution in [2.24, 2.45) is 0 Å². The van der Waals surface area contributed by atoms with Gasteiger partial charge in [-0.3, -0.25) is 0 Å². The van der Waals surface area contributed by atoms with E-state index < -0.39 is 0 Å². The minimum absolute atomic E-state index is 0.0834. The number of benzene rings is 1. The van der Waals surface area contributed by atoms with E-state index in [1.807, 2.05) is 24.3 Å². The van der Waals surface area contributed by atoms with Crippen LogP contribution in [0.2, 0.25) is 0 Å². The number of para-hydroxylation sites is 1. The number of hydrogen-bond acceptors (Lipinski definition) is 4. The Hall–Kier alpha value is -2.12. The van der Waals surface area contributed by atoms with E-state index in [4.69, 9.17) is 14.7 Å². The van der Waals surface area contributed by atoms with Gasteiger partial charge in [0, 0.05) is 12.5 Å². The second-order valence-electron chi connectivity index (χ2n) is 3.20. The minimum atomic E-state index is 0.0834. The number of fused-ring (bicyclic) bond motifs is 1. The fourth-order valence-electron chi connectivity index (χ4n) is 1.40. The molecule has 0 unspecified atom stereocenters. The molecule has 0 amide bonds. The average molecular weight is 214 g/mol. The Morgan fingerprint density at radius 3 is 2.94 bits per heavy atom. The van der Waals surface area contributed by atoms with E-state index in [9.17, 15) is 0 Å². The van der Waals surface area contributed by atoms with Crippen LogP contribution >= 0.6 is 0 Å². The van der Waals surface area contributed by atoms with Crippen molar-refractivity contribution in [3.63, 3.8) is 0 Å². The van der Waals surface area contributed by atoms with Crippen molar-refractivity contribution in [1.82, 2.24) is 4.98 Å². The maximum atomic E-state index is 8.97. The molecule has 0 spiro atoms. The van der Waals surface area contributed by atoms with Gasteiger partial charge in [0.15, 0.2) is 6.79 Å². The summed E-state index contributed by atoms with van der Waals surface area (Å²) in [5.41, 5.74) is 1.21. The Bertz CT molecular complexity index is 546. The topological polar surface area (TPSA) is 55.1 Å². The van der Waals surface area contributed by atoms with Crippen LogP contribution in [0, 0.1) is 11.3 Å². The van der Waals surface area contributed by atoms with Crippen molar-refractivity contribution in [2.45, 2.75) is 0 Å². The highest BCUT2D eigenvalue weighted by Gasteiger charge is 2.07. The smallest absolute Gasteiger partial charge is 0.234 e.